The lowest BCUT2D eigenvalue weighted by molar-refractivity contribution is 0.0242. The summed E-state index contributed by atoms with van der Waals surface area (Å²) in [5.74, 6) is 0.839. The first-order chi connectivity index (χ1) is 7.51. The summed E-state index contributed by atoms with van der Waals surface area (Å²) in [7, 11) is 0. The first kappa shape index (κ1) is 9.84. The van der Waals surface area contributed by atoms with Gasteiger partial charge >= 0.3 is 0 Å². The Labute approximate surface area is 93.4 Å². The highest BCUT2D eigenvalue weighted by molar-refractivity contribution is 5.55. The van der Waals surface area contributed by atoms with Gasteiger partial charge in [-0.2, -0.15) is 0 Å². The van der Waals surface area contributed by atoms with Crippen molar-refractivity contribution in [1.29, 1.82) is 0 Å². The third kappa shape index (κ3) is 1.09. The number of aromatic hydroxyl groups is 2. The summed E-state index contributed by atoms with van der Waals surface area (Å²) in [4.78, 5) is 2.49. The van der Waals surface area contributed by atoms with Crippen molar-refractivity contribution in [3.05, 3.63) is 5.56 Å². The van der Waals surface area contributed by atoms with Crippen LogP contribution in [0.5, 0.6) is 17.5 Å². The van der Waals surface area contributed by atoms with Gasteiger partial charge in [0.25, 0.3) is 0 Å². The Kier molecular flexibility index (Phi) is 1.75. The zero-order valence-corrected chi connectivity index (χ0v) is 9.37. The molecular weight excluding hydrogens is 208 g/mol. The van der Waals surface area contributed by atoms with Crippen LogP contribution in [0.3, 0.4) is 0 Å². The largest absolute Gasteiger partial charge is 0.494 e. The topological polar surface area (TPSA) is 77.5 Å². The van der Waals surface area contributed by atoms with Crippen molar-refractivity contribution in [1.82, 2.24) is 10.3 Å². The van der Waals surface area contributed by atoms with Gasteiger partial charge in [-0.15, -0.1) is 0 Å². The molecule has 88 valence electrons. The predicted molar refractivity (Wildman–Crippen MR) is 57.7 cm³/mol. The van der Waals surface area contributed by atoms with Crippen molar-refractivity contribution < 1.29 is 14.9 Å². The number of aromatic nitrogens is 1. The Morgan fingerprint density at radius 1 is 1.38 bits per heavy atom. The van der Waals surface area contributed by atoms with Crippen LogP contribution in [0.25, 0.3) is 0 Å². The molecule has 0 radical (unpaired) electrons. The highest BCUT2D eigenvalue weighted by atomic mass is 16.5. The molecule has 1 fully saturated rings. The quantitative estimate of drug-likeness (QED) is 0.535. The van der Waals surface area contributed by atoms with Crippen LogP contribution in [0.1, 0.15) is 31.9 Å². The Balaban J connectivity index is 2.07. The molecule has 16 heavy (non-hydrogen) atoms. The first-order valence-corrected chi connectivity index (χ1v) is 5.57. The lowest BCUT2D eigenvalue weighted by atomic mass is 9.81. The van der Waals surface area contributed by atoms with Crippen LogP contribution in [0, 0.1) is 5.92 Å². The lowest BCUT2D eigenvalue weighted by Gasteiger charge is -2.39. The fourth-order valence-corrected chi connectivity index (χ4v) is 3.00. The van der Waals surface area contributed by atoms with Crippen LogP contribution >= 0.6 is 0 Å². The number of nitrogens with one attached hydrogen (secondary N) is 2. The molecule has 1 aromatic heterocycles. The van der Waals surface area contributed by atoms with E-state index in [0.29, 0.717) is 17.2 Å². The second kappa shape index (κ2) is 2.85. The van der Waals surface area contributed by atoms with Crippen molar-refractivity contribution in [3.8, 4) is 17.5 Å². The SMILES string of the molecule is C[C@@H]1CN[C@H]2c3c(O)[nH]c(O)c3O[C@@]2(C)C1. The average molecular weight is 224 g/mol. The fraction of sp³-hybridized carbons (Fsp3) is 0.636. The molecule has 2 aliphatic rings. The standard InChI is InChI=1S/C11H16N2O3/c1-5-3-11(2)8(12-4-5)6-7(16-11)10(15)13-9(6)14/h5,8,12-15H,3-4H2,1-2H3/t5-,8-,11-/m0/s1. The molecule has 0 bridgehead atoms. The average Bonchev–Trinajstić information content (AvgIpc) is 2.61. The molecule has 0 spiro atoms. The molecule has 1 saturated heterocycles. The van der Waals surface area contributed by atoms with E-state index in [1.807, 2.05) is 6.92 Å². The van der Waals surface area contributed by atoms with Gasteiger partial charge in [0.05, 0.1) is 11.6 Å². The highest BCUT2D eigenvalue weighted by Crippen LogP contribution is 2.54. The molecule has 3 heterocycles. The number of aromatic amines is 1. The van der Waals surface area contributed by atoms with E-state index < -0.39 is 0 Å². The zero-order chi connectivity index (χ0) is 11.5. The van der Waals surface area contributed by atoms with Crippen LogP contribution in [-0.4, -0.2) is 27.3 Å². The summed E-state index contributed by atoms with van der Waals surface area (Å²) in [6.07, 6.45) is 0.915. The molecule has 3 atom stereocenters. The molecule has 5 nitrogen and oxygen atoms in total. The molecular formula is C11H16N2O3. The van der Waals surface area contributed by atoms with Crippen molar-refractivity contribution in [2.75, 3.05) is 6.54 Å². The smallest absolute Gasteiger partial charge is 0.235 e. The van der Waals surface area contributed by atoms with Crippen LogP contribution in [0.4, 0.5) is 0 Å². The summed E-state index contributed by atoms with van der Waals surface area (Å²) < 4.78 is 5.82. The molecule has 1 aromatic rings. The minimum Gasteiger partial charge on any atom is -0.494 e. The Hall–Kier alpha value is -1.36. The van der Waals surface area contributed by atoms with Gasteiger partial charge in [-0.05, 0) is 25.8 Å². The van der Waals surface area contributed by atoms with E-state index in [1.165, 1.54) is 0 Å². The minimum atomic E-state index is -0.369. The Morgan fingerprint density at radius 3 is 2.88 bits per heavy atom. The Bertz CT molecular complexity index is 443. The van der Waals surface area contributed by atoms with Gasteiger partial charge in [0.1, 0.15) is 5.60 Å². The van der Waals surface area contributed by atoms with Crippen molar-refractivity contribution in [2.24, 2.45) is 5.92 Å². The molecule has 3 rings (SSSR count). The van der Waals surface area contributed by atoms with Gasteiger partial charge in [0, 0.05) is 0 Å². The first-order valence-electron chi connectivity index (χ1n) is 5.57. The van der Waals surface area contributed by atoms with E-state index in [2.05, 4.69) is 17.2 Å². The predicted octanol–water partition coefficient (Wildman–Crippen LogP) is 1.25. The third-order valence-corrected chi connectivity index (χ3v) is 3.61. The number of hydrogen-bond donors (Lipinski definition) is 4. The normalized spacial score (nSPS) is 36.6. The highest BCUT2D eigenvalue weighted by Gasteiger charge is 2.51. The molecule has 2 aliphatic heterocycles. The maximum Gasteiger partial charge on any atom is 0.235 e. The molecule has 0 unspecified atom stereocenters. The van der Waals surface area contributed by atoms with Crippen LogP contribution in [0.15, 0.2) is 0 Å². The summed E-state index contributed by atoms with van der Waals surface area (Å²) in [5.41, 5.74) is 0.291. The van der Waals surface area contributed by atoms with Gasteiger partial charge in [-0.3, -0.25) is 4.98 Å². The van der Waals surface area contributed by atoms with E-state index in [4.69, 9.17) is 4.74 Å². The van der Waals surface area contributed by atoms with Gasteiger partial charge in [0.2, 0.25) is 5.88 Å². The zero-order valence-electron chi connectivity index (χ0n) is 9.37. The number of rotatable bonds is 0. The minimum absolute atomic E-state index is 0.00304. The number of fused-ring (bicyclic) bond motifs is 3. The molecule has 5 heteroatoms. The van der Waals surface area contributed by atoms with Crippen LogP contribution in [-0.2, 0) is 0 Å². The maximum atomic E-state index is 9.74. The van der Waals surface area contributed by atoms with Gasteiger partial charge < -0.3 is 20.3 Å². The number of ether oxygens (including phenoxy) is 1. The fourth-order valence-electron chi connectivity index (χ4n) is 3.00. The summed E-state index contributed by atoms with van der Waals surface area (Å²) in [5, 5.41) is 22.7. The molecule has 4 N–H and O–H groups in total. The van der Waals surface area contributed by atoms with Gasteiger partial charge in [-0.1, -0.05) is 6.92 Å². The molecule has 0 aromatic carbocycles. The van der Waals surface area contributed by atoms with Crippen LogP contribution in [0.2, 0.25) is 0 Å². The van der Waals surface area contributed by atoms with Gasteiger partial charge in [-0.25, -0.2) is 0 Å². The summed E-state index contributed by atoms with van der Waals surface area (Å²) >= 11 is 0. The molecule has 0 aliphatic carbocycles. The van der Waals surface area contributed by atoms with E-state index in [0.717, 1.165) is 13.0 Å². The number of hydrogen-bond acceptors (Lipinski definition) is 4. The van der Waals surface area contributed by atoms with E-state index in [-0.39, 0.29) is 23.4 Å². The van der Waals surface area contributed by atoms with Gasteiger partial charge in [0.15, 0.2) is 11.6 Å². The monoisotopic (exact) mass is 224 g/mol. The van der Waals surface area contributed by atoms with Crippen molar-refractivity contribution >= 4 is 0 Å². The summed E-state index contributed by atoms with van der Waals surface area (Å²) in [6, 6.07) is -0.0455. The third-order valence-electron chi connectivity index (χ3n) is 3.61. The van der Waals surface area contributed by atoms with Crippen LogP contribution < -0.4 is 10.1 Å². The van der Waals surface area contributed by atoms with Crippen molar-refractivity contribution in [2.45, 2.75) is 31.9 Å². The lowest BCUT2D eigenvalue weighted by Crippen LogP contribution is -2.49. The summed E-state index contributed by atoms with van der Waals surface area (Å²) in [6.45, 7) is 5.07. The Morgan fingerprint density at radius 2 is 2.12 bits per heavy atom. The number of piperidine rings is 1. The second-order valence-corrected chi connectivity index (χ2v) is 5.13. The van der Waals surface area contributed by atoms with E-state index >= 15 is 0 Å². The number of H-pyrrole nitrogens is 1. The van der Waals surface area contributed by atoms with E-state index in [1.54, 1.807) is 0 Å². The van der Waals surface area contributed by atoms with Crippen molar-refractivity contribution in [3.63, 3.8) is 0 Å². The molecule has 0 saturated carbocycles. The van der Waals surface area contributed by atoms with E-state index in [9.17, 15) is 10.2 Å². The molecule has 0 amide bonds. The maximum absolute atomic E-state index is 9.74. The second-order valence-electron chi connectivity index (χ2n) is 5.13.